The van der Waals surface area contributed by atoms with Crippen molar-refractivity contribution in [1.82, 2.24) is 4.90 Å². The van der Waals surface area contributed by atoms with Gasteiger partial charge in [0.2, 0.25) is 5.91 Å². The second kappa shape index (κ2) is 7.65. The van der Waals surface area contributed by atoms with Crippen molar-refractivity contribution in [3.63, 3.8) is 0 Å². The number of likely N-dealkylation sites (N-methyl/N-ethyl adjacent to an activating group) is 1. The molecule has 4 nitrogen and oxygen atoms in total. The van der Waals surface area contributed by atoms with Gasteiger partial charge >= 0.3 is 0 Å². The van der Waals surface area contributed by atoms with Gasteiger partial charge in [-0.15, -0.1) is 0 Å². The zero-order chi connectivity index (χ0) is 11.8. The Hall–Kier alpha value is -0.610. The molecule has 0 aliphatic rings. The van der Waals surface area contributed by atoms with Crippen LogP contribution in [0.5, 0.6) is 0 Å². The smallest absolute Gasteiger partial charge is 0.222 e. The zero-order valence-electron chi connectivity index (χ0n) is 10.3. The van der Waals surface area contributed by atoms with E-state index in [4.69, 9.17) is 10.5 Å². The van der Waals surface area contributed by atoms with Crippen molar-refractivity contribution >= 4 is 5.91 Å². The van der Waals surface area contributed by atoms with Gasteiger partial charge in [0.1, 0.15) is 0 Å². The molecule has 0 aromatic heterocycles. The van der Waals surface area contributed by atoms with Crippen LogP contribution in [0.2, 0.25) is 0 Å². The fourth-order valence-corrected chi connectivity index (χ4v) is 1.56. The summed E-state index contributed by atoms with van der Waals surface area (Å²) in [5.41, 5.74) is 5.62. The second-order valence-corrected chi connectivity index (χ2v) is 4.00. The lowest BCUT2D eigenvalue weighted by Crippen LogP contribution is -2.41. The Balaban J connectivity index is 4.09. The Bertz CT molecular complexity index is 183. The van der Waals surface area contributed by atoms with Crippen molar-refractivity contribution in [1.29, 1.82) is 0 Å². The molecule has 0 saturated heterocycles. The summed E-state index contributed by atoms with van der Waals surface area (Å²) in [7, 11) is 1.65. The molecule has 0 aliphatic carbocycles. The third-order valence-corrected chi connectivity index (χ3v) is 2.41. The van der Waals surface area contributed by atoms with Gasteiger partial charge in [-0.2, -0.15) is 0 Å². The largest absolute Gasteiger partial charge is 0.383 e. The second-order valence-electron chi connectivity index (χ2n) is 4.00. The SMILES string of the molecule is CCN(C(=O)CCC(C)N)C(C)COC. The monoisotopic (exact) mass is 216 g/mol. The number of carbonyl (C=O) groups is 1. The third-order valence-electron chi connectivity index (χ3n) is 2.41. The number of carbonyl (C=O) groups excluding carboxylic acids is 1. The van der Waals surface area contributed by atoms with E-state index in [1.807, 2.05) is 25.7 Å². The molecule has 2 unspecified atom stereocenters. The topological polar surface area (TPSA) is 55.6 Å². The molecule has 2 atom stereocenters. The summed E-state index contributed by atoms with van der Waals surface area (Å²) in [5, 5.41) is 0. The minimum Gasteiger partial charge on any atom is -0.383 e. The van der Waals surface area contributed by atoms with E-state index in [0.717, 1.165) is 13.0 Å². The lowest BCUT2D eigenvalue weighted by atomic mass is 10.1. The van der Waals surface area contributed by atoms with E-state index in [-0.39, 0.29) is 18.0 Å². The molecular formula is C11H24N2O2. The molecule has 0 spiro atoms. The predicted molar refractivity (Wildman–Crippen MR) is 61.6 cm³/mol. The molecule has 0 aliphatic heterocycles. The van der Waals surface area contributed by atoms with E-state index in [1.54, 1.807) is 7.11 Å². The molecule has 0 heterocycles. The van der Waals surface area contributed by atoms with E-state index in [1.165, 1.54) is 0 Å². The van der Waals surface area contributed by atoms with Crippen molar-refractivity contribution in [2.45, 2.75) is 45.7 Å². The Kier molecular flexibility index (Phi) is 7.34. The van der Waals surface area contributed by atoms with Crippen molar-refractivity contribution in [2.75, 3.05) is 20.3 Å². The number of hydrogen-bond acceptors (Lipinski definition) is 3. The highest BCUT2D eigenvalue weighted by Gasteiger charge is 2.17. The quantitative estimate of drug-likeness (QED) is 0.690. The highest BCUT2D eigenvalue weighted by Crippen LogP contribution is 2.05. The van der Waals surface area contributed by atoms with Crippen molar-refractivity contribution in [3.05, 3.63) is 0 Å². The molecule has 1 amide bonds. The maximum Gasteiger partial charge on any atom is 0.222 e. The molecule has 0 saturated carbocycles. The summed E-state index contributed by atoms with van der Waals surface area (Å²) in [6.45, 7) is 7.20. The first-order valence-electron chi connectivity index (χ1n) is 5.56. The number of amides is 1. The number of ether oxygens (including phenoxy) is 1. The van der Waals surface area contributed by atoms with Crippen LogP contribution in [-0.2, 0) is 9.53 Å². The van der Waals surface area contributed by atoms with E-state index in [9.17, 15) is 4.79 Å². The molecule has 0 aromatic carbocycles. The van der Waals surface area contributed by atoms with Gasteiger partial charge in [-0.3, -0.25) is 4.79 Å². The fourth-order valence-electron chi connectivity index (χ4n) is 1.56. The molecule has 2 N–H and O–H groups in total. The summed E-state index contributed by atoms with van der Waals surface area (Å²) < 4.78 is 5.04. The van der Waals surface area contributed by atoms with Crippen LogP contribution in [0.4, 0.5) is 0 Å². The highest BCUT2D eigenvalue weighted by molar-refractivity contribution is 5.76. The van der Waals surface area contributed by atoms with Crippen LogP contribution >= 0.6 is 0 Å². The first-order valence-corrected chi connectivity index (χ1v) is 5.56. The van der Waals surface area contributed by atoms with Crippen LogP contribution in [0.3, 0.4) is 0 Å². The summed E-state index contributed by atoms with van der Waals surface area (Å²) in [4.78, 5) is 13.6. The number of hydrogen-bond donors (Lipinski definition) is 1. The summed E-state index contributed by atoms with van der Waals surface area (Å²) in [6, 6.07) is 0.228. The Morgan fingerprint density at radius 3 is 2.47 bits per heavy atom. The average Bonchev–Trinajstić information content (AvgIpc) is 2.16. The average molecular weight is 216 g/mol. The van der Waals surface area contributed by atoms with Crippen LogP contribution in [-0.4, -0.2) is 43.2 Å². The lowest BCUT2D eigenvalue weighted by molar-refractivity contribution is -0.134. The molecular weight excluding hydrogens is 192 g/mol. The Morgan fingerprint density at radius 1 is 1.47 bits per heavy atom. The van der Waals surface area contributed by atoms with Gasteiger partial charge in [0.25, 0.3) is 0 Å². The van der Waals surface area contributed by atoms with Gasteiger partial charge in [0.05, 0.1) is 12.6 Å². The van der Waals surface area contributed by atoms with E-state index < -0.39 is 0 Å². The van der Waals surface area contributed by atoms with Crippen LogP contribution < -0.4 is 5.73 Å². The Morgan fingerprint density at radius 2 is 2.07 bits per heavy atom. The molecule has 4 heteroatoms. The number of rotatable bonds is 7. The van der Waals surface area contributed by atoms with E-state index in [2.05, 4.69) is 0 Å². The number of methoxy groups -OCH3 is 1. The van der Waals surface area contributed by atoms with Crippen molar-refractivity contribution in [3.8, 4) is 0 Å². The summed E-state index contributed by atoms with van der Waals surface area (Å²) in [6.07, 6.45) is 1.27. The van der Waals surface area contributed by atoms with E-state index in [0.29, 0.717) is 13.0 Å². The third kappa shape index (κ3) is 5.74. The molecule has 15 heavy (non-hydrogen) atoms. The Labute approximate surface area is 92.8 Å². The lowest BCUT2D eigenvalue weighted by Gasteiger charge is -2.27. The van der Waals surface area contributed by atoms with E-state index >= 15 is 0 Å². The predicted octanol–water partition coefficient (Wildman–Crippen LogP) is 0.997. The first kappa shape index (κ1) is 14.4. The minimum absolute atomic E-state index is 0.0883. The zero-order valence-corrected chi connectivity index (χ0v) is 10.3. The van der Waals surface area contributed by atoms with Crippen LogP contribution in [0.15, 0.2) is 0 Å². The maximum absolute atomic E-state index is 11.8. The fraction of sp³-hybridized carbons (Fsp3) is 0.909. The van der Waals surface area contributed by atoms with Gasteiger partial charge in [0.15, 0.2) is 0 Å². The van der Waals surface area contributed by atoms with Gasteiger partial charge in [-0.05, 0) is 27.2 Å². The number of nitrogens with two attached hydrogens (primary N) is 1. The van der Waals surface area contributed by atoms with Crippen molar-refractivity contribution < 1.29 is 9.53 Å². The highest BCUT2D eigenvalue weighted by atomic mass is 16.5. The van der Waals surface area contributed by atoms with Gasteiger partial charge in [-0.25, -0.2) is 0 Å². The van der Waals surface area contributed by atoms with Crippen LogP contribution in [0, 0.1) is 0 Å². The van der Waals surface area contributed by atoms with Gasteiger partial charge in [0, 0.05) is 26.1 Å². The summed E-state index contributed by atoms with van der Waals surface area (Å²) in [5.74, 6) is 0.166. The molecule has 0 bridgehead atoms. The standard InChI is InChI=1S/C11H24N2O2/c1-5-13(10(3)8-15-4)11(14)7-6-9(2)12/h9-10H,5-8,12H2,1-4H3. The molecule has 0 fully saturated rings. The van der Waals surface area contributed by atoms with Crippen LogP contribution in [0.25, 0.3) is 0 Å². The minimum atomic E-state index is 0.0883. The summed E-state index contributed by atoms with van der Waals surface area (Å²) >= 11 is 0. The maximum atomic E-state index is 11.8. The molecule has 0 aromatic rings. The molecule has 0 rings (SSSR count). The molecule has 0 radical (unpaired) electrons. The first-order chi connectivity index (χ1) is 7.02. The van der Waals surface area contributed by atoms with Crippen LogP contribution in [0.1, 0.15) is 33.6 Å². The number of nitrogens with zero attached hydrogens (tertiary/aromatic N) is 1. The van der Waals surface area contributed by atoms with Gasteiger partial charge in [-0.1, -0.05) is 0 Å². The normalized spacial score (nSPS) is 14.7. The van der Waals surface area contributed by atoms with Crippen molar-refractivity contribution in [2.24, 2.45) is 5.73 Å². The molecule has 90 valence electrons. The van der Waals surface area contributed by atoms with Gasteiger partial charge < -0.3 is 15.4 Å².